The van der Waals surface area contributed by atoms with E-state index in [1.165, 1.54) is 35.5 Å². The van der Waals surface area contributed by atoms with Crippen molar-refractivity contribution in [2.45, 2.75) is 32.2 Å². The van der Waals surface area contributed by atoms with Gasteiger partial charge in [-0.3, -0.25) is 0 Å². The number of benzene rings is 1. The van der Waals surface area contributed by atoms with Crippen LogP contribution in [-0.4, -0.2) is 18.1 Å². The first-order valence-corrected chi connectivity index (χ1v) is 8.45. The number of hydrogen-bond donors (Lipinski definition) is 1. The number of quaternary nitrogens is 1. The summed E-state index contributed by atoms with van der Waals surface area (Å²) in [4.78, 5) is 8.24. The van der Waals surface area contributed by atoms with Gasteiger partial charge in [-0.05, 0) is 43.4 Å². The average molecular weight is 324 g/mol. The Morgan fingerprint density at radius 1 is 1.18 bits per heavy atom. The summed E-state index contributed by atoms with van der Waals surface area (Å²) in [5.41, 5.74) is 5.87. The number of aromatic nitrogens is 1. The fourth-order valence-corrected chi connectivity index (χ4v) is 3.94. The highest BCUT2D eigenvalue weighted by Gasteiger charge is 2.19. The number of thiazole rings is 1. The number of aryl methyl sites for hydroxylation is 2. The van der Waals surface area contributed by atoms with Gasteiger partial charge in [0.05, 0.1) is 18.8 Å². The first-order valence-electron chi connectivity index (χ1n) is 7.64. The molecule has 0 aliphatic heterocycles. The van der Waals surface area contributed by atoms with E-state index in [1.54, 1.807) is 17.4 Å². The average Bonchev–Trinajstić information content (AvgIpc) is 2.94. The number of nitrogens with zero attached hydrogens (tertiary/aromatic N) is 2. The topological polar surface area (TPSA) is 43.8 Å². The maximum absolute atomic E-state index is 13.4. The largest absolute Gasteiger partial charge is 0.356 e. The molecule has 0 bridgehead atoms. The quantitative estimate of drug-likeness (QED) is 0.918. The molecule has 22 heavy (non-hydrogen) atoms. The molecule has 0 radical (unpaired) electrons. The lowest BCUT2D eigenvalue weighted by Crippen LogP contribution is -2.55. The van der Waals surface area contributed by atoms with Crippen LogP contribution in [0.25, 0.3) is 0 Å². The normalized spacial score (nSPS) is 14.0. The molecule has 6 heteroatoms. The van der Waals surface area contributed by atoms with E-state index in [9.17, 15) is 8.78 Å². The minimum atomic E-state index is -0.808. The molecule has 0 fully saturated rings. The van der Waals surface area contributed by atoms with Crippen molar-refractivity contribution in [3.8, 4) is 0 Å². The molecule has 1 aliphatic carbocycles. The van der Waals surface area contributed by atoms with Crippen LogP contribution in [0.15, 0.2) is 18.2 Å². The first-order chi connectivity index (χ1) is 10.7. The fraction of sp³-hybridized carbons (Fsp3) is 0.438. The molecule has 3 rings (SSSR count). The van der Waals surface area contributed by atoms with Crippen molar-refractivity contribution in [3.63, 3.8) is 0 Å². The van der Waals surface area contributed by atoms with Gasteiger partial charge >= 0.3 is 0 Å². The molecular weight excluding hydrogens is 304 g/mol. The van der Waals surface area contributed by atoms with Gasteiger partial charge in [0.25, 0.3) is 0 Å². The van der Waals surface area contributed by atoms with Crippen LogP contribution in [-0.2, 0) is 19.4 Å². The molecule has 3 nitrogen and oxygen atoms in total. The highest BCUT2D eigenvalue weighted by molar-refractivity contribution is 7.15. The summed E-state index contributed by atoms with van der Waals surface area (Å²) in [6.07, 6.45) is 4.59. The standard InChI is InChI=1S/C16H19F2N3S/c17-12-6-5-11(9-13(12)18)10-21(8-7-19)16-20-14-3-1-2-4-15(14)22-16/h5-6,9H,1-4,7-8,10,19H2/p+1. The second-order valence-corrected chi connectivity index (χ2v) is 6.66. The molecule has 0 saturated heterocycles. The Bertz CT molecular complexity index is 633. The number of hydrogen-bond acceptors (Lipinski definition) is 3. The van der Waals surface area contributed by atoms with Gasteiger partial charge in [0.2, 0.25) is 0 Å². The van der Waals surface area contributed by atoms with Gasteiger partial charge in [0.15, 0.2) is 16.8 Å². The molecule has 0 unspecified atom stereocenters. The molecule has 0 saturated carbocycles. The van der Waals surface area contributed by atoms with E-state index in [2.05, 4.69) is 10.6 Å². The molecule has 1 aliphatic rings. The van der Waals surface area contributed by atoms with Gasteiger partial charge in [-0.1, -0.05) is 6.07 Å². The predicted octanol–water partition coefficient (Wildman–Crippen LogP) is 2.55. The van der Waals surface area contributed by atoms with Crippen molar-refractivity contribution in [3.05, 3.63) is 46.0 Å². The van der Waals surface area contributed by atoms with E-state index >= 15 is 0 Å². The van der Waals surface area contributed by atoms with Crippen LogP contribution in [0, 0.1) is 11.6 Å². The zero-order valence-electron chi connectivity index (χ0n) is 12.4. The smallest absolute Gasteiger partial charge is 0.186 e. The van der Waals surface area contributed by atoms with Crippen LogP contribution < -0.4 is 10.6 Å². The predicted molar refractivity (Wildman–Crippen MR) is 83.9 cm³/mol. The van der Waals surface area contributed by atoms with Crippen LogP contribution in [0.1, 0.15) is 29.0 Å². The lowest BCUT2D eigenvalue weighted by molar-refractivity contribution is -0.363. The first kappa shape index (κ1) is 15.4. The Hall–Kier alpha value is -1.53. The zero-order chi connectivity index (χ0) is 15.5. The van der Waals surface area contributed by atoms with Crippen LogP contribution in [0.5, 0.6) is 0 Å². The Balaban J connectivity index is 1.82. The van der Waals surface area contributed by atoms with E-state index < -0.39 is 11.6 Å². The highest BCUT2D eigenvalue weighted by Crippen LogP contribution is 2.32. The van der Waals surface area contributed by atoms with Crippen molar-refractivity contribution in [1.82, 2.24) is 4.98 Å². The fourth-order valence-electron chi connectivity index (χ4n) is 2.77. The monoisotopic (exact) mass is 324 g/mol. The molecule has 3 N–H and O–H groups in total. The van der Waals surface area contributed by atoms with Gasteiger partial charge in [0.1, 0.15) is 0 Å². The van der Waals surface area contributed by atoms with Gasteiger partial charge in [0, 0.05) is 11.4 Å². The molecular formula is C16H20F2N3S+. The van der Waals surface area contributed by atoms with Gasteiger partial charge < -0.3 is 10.6 Å². The molecule has 118 valence electrons. The molecule has 2 aromatic rings. The van der Waals surface area contributed by atoms with Crippen LogP contribution in [0.4, 0.5) is 13.9 Å². The number of anilines is 1. The summed E-state index contributed by atoms with van der Waals surface area (Å²) < 4.78 is 26.4. The van der Waals surface area contributed by atoms with E-state index in [0.29, 0.717) is 6.54 Å². The lowest BCUT2D eigenvalue weighted by atomic mass is 10.0. The number of halogens is 2. The maximum Gasteiger partial charge on any atom is 0.186 e. The third-order valence-corrected chi connectivity index (χ3v) is 5.11. The Morgan fingerprint density at radius 3 is 2.73 bits per heavy atom. The zero-order valence-corrected chi connectivity index (χ0v) is 13.3. The molecule has 1 heterocycles. The summed E-state index contributed by atoms with van der Waals surface area (Å²) in [6.45, 7) is 2.03. The van der Waals surface area contributed by atoms with Crippen molar-refractivity contribution in [1.29, 1.82) is 0 Å². The number of fused-ring (bicyclic) bond motifs is 1. The summed E-state index contributed by atoms with van der Waals surface area (Å²) >= 11 is 1.73. The Morgan fingerprint density at radius 2 is 2.00 bits per heavy atom. The van der Waals surface area contributed by atoms with Gasteiger partial charge in [-0.15, -0.1) is 11.3 Å². The van der Waals surface area contributed by atoms with E-state index in [0.717, 1.165) is 36.6 Å². The van der Waals surface area contributed by atoms with Crippen LogP contribution in [0.3, 0.4) is 0 Å². The van der Waals surface area contributed by atoms with Crippen LogP contribution in [0.2, 0.25) is 0 Å². The summed E-state index contributed by atoms with van der Waals surface area (Å²) in [7, 11) is 0. The van der Waals surface area contributed by atoms with E-state index in [-0.39, 0.29) is 0 Å². The highest BCUT2D eigenvalue weighted by atomic mass is 32.1. The summed E-state index contributed by atoms with van der Waals surface area (Å²) in [6, 6.07) is 4.07. The molecule has 1 aromatic heterocycles. The minimum absolute atomic E-state index is 0.527. The van der Waals surface area contributed by atoms with E-state index in [4.69, 9.17) is 4.98 Å². The Labute approximate surface area is 132 Å². The molecule has 0 amide bonds. The second kappa shape index (κ2) is 6.71. The van der Waals surface area contributed by atoms with Crippen molar-refractivity contribution >= 4 is 16.5 Å². The van der Waals surface area contributed by atoms with Gasteiger partial charge in [-0.25, -0.2) is 13.8 Å². The molecule has 0 atom stereocenters. The summed E-state index contributed by atoms with van der Waals surface area (Å²) in [5.74, 6) is -1.61. The lowest BCUT2D eigenvalue weighted by Gasteiger charge is -2.20. The third kappa shape index (κ3) is 3.28. The minimum Gasteiger partial charge on any atom is -0.356 e. The van der Waals surface area contributed by atoms with Crippen molar-refractivity contribution < 1.29 is 14.5 Å². The molecule has 0 spiro atoms. The van der Waals surface area contributed by atoms with Gasteiger partial charge in [-0.2, -0.15) is 0 Å². The Kier molecular flexibility index (Phi) is 4.69. The van der Waals surface area contributed by atoms with Crippen LogP contribution >= 0.6 is 11.3 Å². The van der Waals surface area contributed by atoms with E-state index in [1.807, 2.05) is 0 Å². The van der Waals surface area contributed by atoms with Crippen molar-refractivity contribution in [2.24, 2.45) is 0 Å². The maximum atomic E-state index is 13.4. The molecule has 1 aromatic carbocycles. The number of rotatable bonds is 5. The second-order valence-electron chi connectivity index (χ2n) is 5.60. The van der Waals surface area contributed by atoms with Crippen molar-refractivity contribution in [2.75, 3.05) is 18.0 Å². The summed E-state index contributed by atoms with van der Waals surface area (Å²) in [5, 5.41) is 0.972. The third-order valence-electron chi connectivity index (χ3n) is 3.89. The SMILES string of the molecule is [NH3+]CCN(Cc1ccc(F)c(F)c1)c1nc2c(s1)CCCC2.